The first kappa shape index (κ1) is 15.5. The lowest BCUT2D eigenvalue weighted by Crippen LogP contribution is -2.20. The number of benzene rings is 1. The lowest BCUT2D eigenvalue weighted by atomic mass is 10.2. The Morgan fingerprint density at radius 1 is 1.10 bits per heavy atom. The molecule has 3 heteroatoms. The molecule has 0 bridgehead atoms. The predicted molar refractivity (Wildman–Crippen MR) is 89.3 cm³/mol. The van der Waals surface area contributed by atoms with E-state index in [2.05, 4.69) is 72.5 Å². The summed E-state index contributed by atoms with van der Waals surface area (Å²) in [6.07, 6.45) is 1.89. The minimum atomic E-state index is 0.673. The van der Waals surface area contributed by atoms with E-state index in [1.807, 2.05) is 12.3 Å². The van der Waals surface area contributed by atoms with Crippen LogP contribution in [0.1, 0.15) is 25.0 Å². The smallest absolute Gasteiger partial charge is 0.128 e. The van der Waals surface area contributed by atoms with Crippen LogP contribution in [0.25, 0.3) is 0 Å². The molecule has 21 heavy (non-hydrogen) atoms. The average Bonchev–Trinajstić information content (AvgIpc) is 2.48. The number of aromatic nitrogens is 1. The Labute approximate surface area is 128 Å². The highest BCUT2D eigenvalue weighted by Gasteiger charge is 2.04. The van der Waals surface area contributed by atoms with E-state index < -0.39 is 0 Å². The summed E-state index contributed by atoms with van der Waals surface area (Å²) in [6, 6.07) is 14.7. The molecule has 0 atom stereocenters. The van der Waals surface area contributed by atoms with Gasteiger partial charge in [0.25, 0.3) is 0 Å². The molecule has 1 N–H and O–H groups in total. The van der Waals surface area contributed by atoms with E-state index in [-0.39, 0.29) is 0 Å². The minimum Gasteiger partial charge on any atom is -0.355 e. The summed E-state index contributed by atoms with van der Waals surface area (Å²) in [5.74, 6) is 1.69. The van der Waals surface area contributed by atoms with Crippen LogP contribution >= 0.6 is 0 Å². The van der Waals surface area contributed by atoms with Crippen LogP contribution in [0.4, 0.5) is 5.82 Å². The van der Waals surface area contributed by atoms with Gasteiger partial charge in [-0.25, -0.2) is 4.98 Å². The number of hydrogen-bond donors (Lipinski definition) is 1. The quantitative estimate of drug-likeness (QED) is 0.843. The van der Waals surface area contributed by atoms with Gasteiger partial charge in [-0.15, -0.1) is 0 Å². The standard InChI is InChI=1S/C18H25N3/c1-15(2)12-19-13-17-9-10-20-18(11-17)21(3)14-16-7-5-4-6-8-16/h4-11,15,19H,12-14H2,1-3H3. The van der Waals surface area contributed by atoms with E-state index in [0.717, 1.165) is 25.5 Å². The summed E-state index contributed by atoms with van der Waals surface area (Å²) in [4.78, 5) is 6.66. The Balaban J connectivity index is 1.96. The van der Waals surface area contributed by atoms with Crippen LogP contribution < -0.4 is 10.2 Å². The molecule has 0 aliphatic carbocycles. The fraction of sp³-hybridized carbons (Fsp3) is 0.389. The molecule has 0 radical (unpaired) electrons. The van der Waals surface area contributed by atoms with Gasteiger partial charge in [-0.1, -0.05) is 44.2 Å². The second-order valence-corrected chi connectivity index (χ2v) is 5.89. The molecule has 3 nitrogen and oxygen atoms in total. The molecule has 2 aromatic rings. The van der Waals surface area contributed by atoms with Crippen LogP contribution in [0.3, 0.4) is 0 Å². The van der Waals surface area contributed by atoms with Crippen LogP contribution in [0.5, 0.6) is 0 Å². The van der Waals surface area contributed by atoms with Crippen molar-refractivity contribution in [3.8, 4) is 0 Å². The molecule has 112 valence electrons. The first-order chi connectivity index (χ1) is 10.1. The van der Waals surface area contributed by atoms with Crippen LogP contribution in [0, 0.1) is 5.92 Å². The van der Waals surface area contributed by atoms with Gasteiger partial charge in [-0.3, -0.25) is 0 Å². The number of hydrogen-bond acceptors (Lipinski definition) is 3. The molecule has 0 saturated heterocycles. The van der Waals surface area contributed by atoms with Crippen molar-refractivity contribution in [3.63, 3.8) is 0 Å². The topological polar surface area (TPSA) is 28.2 Å². The fourth-order valence-electron chi connectivity index (χ4n) is 2.22. The molecular weight excluding hydrogens is 258 g/mol. The number of nitrogens with one attached hydrogen (secondary N) is 1. The molecule has 0 aliphatic heterocycles. The van der Waals surface area contributed by atoms with E-state index >= 15 is 0 Å². The highest BCUT2D eigenvalue weighted by molar-refractivity contribution is 5.41. The summed E-state index contributed by atoms with van der Waals surface area (Å²) in [7, 11) is 2.08. The number of nitrogens with zero attached hydrogens (tertiary/aromatic N) is 2. The highest BCUT2D eigenvalue weighted by Crippen LogP contribution is 2.14. The number of rotatable bonds is 7. The molecule has 0 aliphatic rings. The average molecular weight is 283 g/mol. The lowest BCUT2D eigenvalue weighted by Gasteiger charge is -2.19. The summed E-state index contributed by atoms with van der Waals surface area (Å²) in [6.45, 7) is 7.25. The second-order valence-electron chi connectivity index (χ2n) is 5.89. The minimum absolute atomic E-state index is 0.673. The van der Waals surface area contributed by atoms with Gasteiger partial charge in [0.05, 0.1) is 0 Å². The third kappa shape index (κ3) is 5.20. The van der Waals surface area contributed by atoms with Crippen molar-refractivity contribution in [3.05, 3.63) is 59.8 Å². The van der Waals surface area contributed by atoms with E-state index in [1.165, 1.54) is 11.1 Å². The number of anilines is 1. The second kappa shape index (κ2) is 7.79. The van der Waals surface area contributed by atoms with E-state index in [0.29, 0.717) is 5.92 Å². The molecule has 0 amide bonds. The van der Waals surface area contributed by atoms with Gasteiger partial charge in [0.1, 0.15) is 5.82 Å². The zero-order valence-electron chi connectivity index (χ0n) is 13.2. The van der Waals surface area contributed by atoms with Crippen molar-refractivity contribution in [1.29, 1.82) is 0 Å². The molecule has 1 aromatic carbocycles. The van der Waals surface area contributed by atoms with E-state index in [1.54, 1.807) is 0 Å². The molecule has 1 heterocycles. The van der Waals surface area contributed by atoms with Gasteiger partial charge in [-0.2, -0.15) is 0 Å². The van der Waals surface area contributed by atoms with Gasteiger partial charge >= 0.3 is 0 Å². The molecule has 2 rings (SSSR count). The van der Waals surface area contributed by atoms with Gasteiger partial charge in [0, 0.05) is 26.3 Å². The van der Waals surface area contributed by atoms with Crippen LogP contribution in [-0.4, -0.2) is 18.6 Å². The predicted octanol–water partition coefficient (Wildman–Crippen LogP) is 3.46. The Bertz CT molecular complexity index is 537. The van der Waals surface area contributed by atoms with Crippen molar-refractivity contribution in [2.24, 2.45) is 5.92 Å². The Morgan fingerprint density at radius 2 is 1.86 bits per heavy atom. The van der Waals surface area contributed by atoms with E-state index in [9.17, 15) is 0 Å². The Kier molecular flexibility index (Phi) is 5.76. The molecule has 0 spiro atoms. The maximum Gasteiger partial charge on any atom is 0.128 e. The normalized spacial score (nSPS) is 10.9. The zero-order valence-corrected chi connectivity index (χ0v) is 13.2. The Hall–Kier alpha value is -1.87. The molecule has 1 aromatic heterocycles. The maximum absolute atomic E-state index is 4.48. The van der Waals surface area contributed by atoms with Crippen molar-refractivity contribution < 1.29 is 0 Å². The Morgan fingerprint density at radius 3 is 2.57 bits per heavy atom. The summed E-state index contributed by atoms with van der Waals surface area (Å²) >= 11 is 0. The number of pyridine rings is 1. The van der Waals surface area contributed by atoms with Crippen LogP contribution in [-0.2, 0) is 13.1 Å². The van der Waals surface area contributed by atoms with Gasteiger partial charge in [-0.05, 0) is 35.7 Å². The maximum atomic E-state index is 4.48. The SMILES string of the molecule is CC(C)CNCc1ccnc(N(C)Cc2ccccc2)c1. The fourth-order valence-corrected chi connectivity index (χ4v) is 2.22. The first-order valence-electron chi connectivity index (χ1n) is 7.56. The van der Waals surface area contributed by atoms with Crippen molar-refractivity contribution in [2.75, 3.05) is 18.5 Å². The van der Waals surface area contributed by atoms with E-state index in [4.69, 9.17) is 0 Å². The third-order valence-corrected chi connectivity index (χ3v) is 3.35. The highest BCUT2D eigenvalue weighted by atomic mass is 15.2. The van der Waals surface area contributed by atoms with Crippen LogP contribution in [0.2, 0.25) is 0 Å². The summed E-state index contributed by atoms with van der Waals surface area (Å²) in [5, 5.41) is 3.47. The molecule has 0 unspecified atom stereocenters. The molecule has 0 saturated carbocycles. The van der Waals surface area contributed by atoms with Crippen molar-refractivity contribution in [2.45, 2.75) is 26.9 Å². The first-order valence-corrected chi connectivity index (χ1v) is 7.56. The largest absolute Gasteiger partial charge is 0.355 e. The van der Waals surface area contributed by atoms with Crippen LogP contribution in [0.15, 0.2) is 48.7 Å². The summed E-state index contributed by atoms with van der Waals surface area (Å²) < 4.78 is 0. The monoisotopic (exact) mass is 283 g/mol. The lowest BCUT2D eigenvalue weighted by molar-refractivity contribution is 0.552. The van der Waals surface area contributed by atoms with Gasteiger partial charge in [0.2, 0.25) is 0 Å². The molecule has 0 fully saturated rings. The van der Waals surface area contributed by atoms with Gasteiger partial charge in [0.15, 0.2) is 0 Å². The molecular formula is C18H25N3. The van der Waals surface area contributed by atoms with Crippen molar-refractivity contribution in [1.82, 2.24) is 10.3 Å². The van der Waals surface area contributed by atoms with Crippen molar-refractivity contribution >= 4 is 5.82 Å². The van der Waals surface area contributed by atoms with Gasteiger partial charge < -0.3 is 10.2 Å². The third-order valence-electron chi connectivity index (χ3n) is 3.35. The zero-order chi connectivity index (χ0) is 15.1. The summed E-state index contributed by atoms with van der Waals surface area (Å²) in [5.41, 5.74) is 2.57.